The molecule has 0 unspecified atom stereocenters. The van der Waals surface area contributed by atoms with Crippen LogP contribution in [0, 0.1) is 6.92 Å². The lowest BCUT2D eigenvalue weighted by Gasteiger charge is -2.10. The molecule has 202 valence electrons. The van der Waals surface area contributed by atoms with Crippen LogP contribution in [0.5, 0.6) is 5.75 Å². The molecule has 0 saturated heterocycles. The van der Waals surface area contributed by atoms with E-state index in [1.54, 1.807) is 19.2 Å². The molecule has 3 heterocycles. The topological polar surface area (TPSA) is 99.2 Å². The smallest absolute Gasteiger partial charge is 0.255 e. The number of ether oxygens (including phenoxy) is 1. The standard InChI is InChI=1S/C31H31N7O2/c1-20-35-36-30-24(13-5-4-10-18-32-31(39)22-11-6-9-15-28(22)40-3)33-25-19-21(16-17-27(25)38(20)30)29-34-23-12-7-8-14-26(23)37(29)2/h6-9,11-12,14-17,19H,4-5,10,13,18H2,1-3H3,(H,32,39). The Labute approximate surface area is 231 Å². The molecule has 0 aliphatic carbocycles. The predicted octanol–water partition coefficient (Wildman–Crippen LogP) is 5.29. The van der Waals surface area contributed by atoms with Crippen molar-refractivity contribution in [2.45, 2.75) is 32.6 Å². The fraction of sp³-hybridized carbons (Fsp3) is 0.258. The minimum Gasteiger partial charge on any atom is -0.496 e. The lowest BCUT2D eigenvalue weighted by molar-refractivity contribution is 0.0950. The molecule has 6 aromatic rings. The second kappa shape index (κ2) is 10.8. The number of carbonyl (C=O) groups is 1. The monoisotopic (exact) mass is 533 g/mol. The first-order valence-corrected chi connectivity index (χ1v) is 13.5. The summed E-state index contributed by atoms with van der Waals surface area (Å²) in [4.78, 5) is 22.4. The van der Waals surface area contributed by atoms with E-state index >= 15 is 0 Å². The Bertz CT molecular complexity index is 1850. The second-order valence-electron chi connectivity index (χ2n) is 9.92. The van der Waals surface area contributed by atoms with Gasteiger partial charge in [0.25, 0.3) is 5.91 Å². The molecule has 1 N–H and O–H groups in total. The number of para-hydroxylation sites is 3. The van der Waals surface area contributed by atoms with Gasteiger partial charge in [-0.3, -0.25) is 9.20 Å². The van der Waals surface area contributed by atoms with Crippen molar-refractivity contribution in [3.8, 4) is 17.1 Å². The zero-order valence-corrected chi connectivity index (χ0v) is 22.9. The summed E-state index contributed by atoms with van der Waals surface area (Å²) in [7, 11) is 3.61. The van der Waals surface area contributed by atoms with Crippen LogP contribution in [-0.4, -0.2) is 48.7 Å². The van der Waals surface area contributed by atoms with Crippen LogP contribution in [0.15, 0.2) is 66.7 Å². The van der Waals surface area contributed by atoms with Crippen molar-refractivity contribution in [1.29, 1.82) is 0 Å². The zero-order chi connectivity index (χ0) is 27.6. The van der Waals surface area contributed by atoms with Gasteiger partial charge in [-0.25, -0.2) is 9.97 Å². The number of imidazole rings is 1. The molecule has 3 aromatic heterocycles. The van der Waals surface area contributed by atoms with E-state index in [-0.39, 0.29) is 5.91 Å². The minimum atomic E-state index is -0.120. The van der Waals surface area contributed by atoms with E-state index in [1.807, 2.05) is 44.3 Å². The first-order valence-electron chi connectivity index (χ1n) is 13.5. The number of methoxy groups -OCH3 is 1. The molecule has 0 bridgehead atoms. The summed E-state index contributed by atoms with van der Waals surface area (Å²) in [5.74, 6) is 2.19. The van der Waals surface area contributed by atoms with Crippen LogP contribution in [0.3, 0.4) is 0 Å². The maximum atomic E-state index is 12.5. The van der Waals surface area contributed by atoms with Gasteiger partial charge in [-0.1, -0.05) is 30.7 Å². The number of nitrogens with zero attached hydrogens (tertiary/aromatic N) is 6. The third-order valence-corrected chi connectivity index (χ3v) is 7.33. The first-order chi connectivity index (χ1) is 19.5. The van der Waals surface area contributed by atoms with Gasteiger partial charge in [-0.15, -0.1) is 10.2 Å². The SMILES string of the molecule is COc1ccccc1C(=O)NCCCCCc1nc2cc(-c3nc4ccccc4n3C)ccc2n2c(C)nnc12. The maximum Gasteiger partial charge on any atom is 0.255 e. The van der Waals surface area contributed by atoms with Gasteiger partial charge in [0.15, 0.2) is 5.65 Å². The Morgan fingerprint density at radius 2 is 1.73 bits per heavy atom. The number of aromatic nitrogens is 6. The van der Waals surface area contributed by atoms with E-state index in [0.29, 0.717) is 17.9 Å². The van der Waals surface area contributed by atoms with Gasteiger partial charge >= 0.3 is 0 Å². The van der Waals surface area contributed by atoms with Crippen molar-refractivity contribution in [3.05, 3.63) is 83.8 Å². The molecular formula is C31H31N7O2. The number of hydrogen-bond donors (Lipinski definition) is 1. The number of unbranched alkanes of at least 4 members (excludes halogenated alkanes) is 2. The summed E-state index contributed by atoms with van der Waals surface area (Å²) in [5.41, 5.74) is 7.21. The zero-order valence-electron chi connectivity index (χ0n) is 22.9. The number of carbonyl (C=O) groups excluding carboxylic acids is 1. The van der Waals surface area contributed by atoms with Crippen LogP contribution in [0.1, 0.15) is 41.1 Å². The molecule has 0 spiro atoms. The van der Waals surface area contributed by atoms with E-state index < -0.39 is 0 Å². The van der Waals surface area contributed by atoms with E-state index in [0.717, 1.165) is 76.3 Å². The normalized spacial score (nSPS) is 11.5. The number of aryl methyl sites for hydroxylation is 3. The number of nitrogens with one attached hydrogen (secondary N) is 1. The minimum absolute atomic E-state index is 0.120. The summed E-state index contributed by atoms with van der Waals surface area (Å²) < 4.78 is 9.50. The number of fused-ring (bicyclic) bond motifs is 4. The summed E-state index contributed by atoms with van der Waals surface area (Å²) in [5, 5.41) is 11.8. The molecule has 0 saturated carbocycles. The number of amides is 1. The van der Waals surface area contributed by atoms with Crippen LogP contribution >= 0.6 is 0 Å². The predicted molar refractivity (Wildman–Crippen MR) is 156 cm³/mol. The third kappa shape index (κ3) is 4.64. The lowest BCUT2D eigenvalue weighted by atomic mass is 10.1. The van der Waals surface area contributed by atoms with Crippen LogP contribution in [0.25, 0.3) is 39.1 Å². The van der Waals surface area contributed by atoms with Crippen LogP contribution < -0.4 is 10.1 Å². The molecule has 0 fully saturated rings. The number of rotatable bonds is 9. The van der Waals surface area contributed by atoms with Crippen LogP contribution in [0.2, 0.25) is 0 Å². The van der Waals surface area contributed by atoms with Crippen molar-refractivity contribution in [1.82, 2.24) is 34.4 Å². The van der Waals surface area contributed by atoms with Gasteiger partial charge < -0.3 is 14.6 Å². The molecule has 40 heavy (non-hydrogen) atoms. The van der Waals surface area contributed by atoms with E-state index in [4.69, 9.17) is 14.7 Å². The molecule has 0 atom stereocenters. The van der Waals surface area contributed by atoms with Gasteiger partial charge in [-0.05, 0) is 68.7 Å². The van der Waals surface area contributed by atoms with Crippen molar-refractivity contribution >= 4 is 33.6 Å². The van der Waals surface area contributed by atoms with Crippen molar-refractivity contribution in [3.63, 3.8) is 0 Å². The highest BCUT2D eigenvalue weighted by Gasteiger charge is 2.16. The van der Waals surface area contributed by atoms with Gasteiger partial charge in [0.1, 0.15) is 17.4 Å². The Balaban J connectivity index is 1.18. The highest BCUT2D eigenvalue weighted by atomic mass is 16.5. The first kappa shape index (κ1) is 25.5. The summed E-state index contributed by atoms with van der Waals surface area (Å²) in [6.07, 6.45) is 3.52. The largest absolute Gasteiger partial charge is 0.496 e. The number of hydrogen-bond acceptors (Lipinski definition) is 6. The number of benzene rings is 3. The van der Waals surface area contributed by atoms with Gasteiger partial charge in [0.05, 0.1) is 40.4 Å². The fourth-order valence-electron chi connectivity index (χ4n) is 5.27. The van der Waals surface area contributed by atoms with Crippen molar-refractivity contribution in [2.75, 3.05) is 13.7 Å². The molecule has 1 amide bonds. The molecule has 0 aliphatic heterocycles. The Kier molecular flexibility index (Phi) is 6.86. The molecule has 0 radical (unpaired) electrons. The summed E-state index contributed by atoms with van der Waals surface area (Å²) in [6.45, 7) is 2.57. The quantitative estimate of drug-likeness (QED) is 0.254. The Hall–Kier alpha value is -4.79. The highest BCUT2D eigenvalue weighted by molar-refractivity contribution is 5.96. The summed E-state index contributed by atoms with van der Waals surface area (Å²) in [6, 6.07) is 21.7. The molecule has 9 heteroatoms. The second-order valence-corrected chi connectivity index (χ2v) is 9.92. The Morgan fingerprint density at radius 3 is 2.58 bits per heavy atom. The van der Waals surface area contributed by atoms with Gasteiger partial charge in [0.2, 0.25) is 0 Å². The summed E-state index contributed by atoms with van der Waals surface area (Å²) >= 11 is 0. The fourth-order valence-corrected chi connectivity index (χ4v) is 5.27. The Morgan fingerprint density at radius 1 is 0.900 bits per heavy atom. The van der Waals surface area contributed by atoms with E-state index in [1.165, 1.54) is 0 Å². The molecule has 6 rings (SSSR count). The van der Waals surface area contributed by atoms with Crippen molar-refractivity contribution < 1.29 is 9.53 Å². The maximum absolute atomic E-state index is 12.5. The lowest BCUT2D eigenvalue weighted by Crippen LogP contribution is -2.24. The van der Waals surface area contributed by atoms with Gasteiger partial charge in [-0.2, -0.15) is 0 Å². The third-order valence-electron chi connectivity index (χ3n) is 7.33. The molecule has 9 nitrogen and oxygen atoms in total. The average Bonchev–Trinajstić information content (AvgIpc) is 3.54. The van der Waals surface area contributed by atoms with Crippen molar-refractivity contribution in [2.24, 2.45) is 7.05 Å². The van der Waals surface area contributed by atoms with Gasteiger partial charge in [0, 0.05) is 19.2 Å². The molecule has 0 aliphatic rings. The molecular weight excluding hydrogens is 502 g/mol. The average molecular weight is 534 g/mol. The van der Waals surface area contributed by atoms with E-state index in [9.17, 15) is 4.79 Å². The van der Waals surface area contributed by atoms with Crippen LogP contribution in [-0.2, 0) is 13.5 Å². The van der Waals surface area contributed by atoms with E-state index in [2.05, 4.69) is 48.7 Å². The van der Waals surface area contributed by atoms with Crippen LogP contribution in [0.4, 0.5) is 0 Å². The highest BCUT2D eigenvalue weighted by Crippen LogP contribution is 2.28. The molecule has 3 aromatic carbocycles.